The van der Waals surface area contributed by atoms with E-state index < -0.39 is 0 Å². The molecule has 0 heterocycles. The Balaban J connectivity index is 3.15. The molecule has 84 valence electrons. The van der Waals surface area contributed by atoms with Gasteiger partial charge in [0.05, 0.1) is 6.61 Å². The molecule has 14 heavy (non-hydrogen) atoms. The SMILES string of the molecule is CCCCC(=O)OCCCCC(C)Br. The molecule has 0 aromatic rings. The third-order valence-electron chi connectivity index (χ3n) is 1.99. The van der Waals surface area contributed by atoms with Crippen LogP contribution in [0.1, 0.15) is 52.4 Å². The van der Waals surface area contributed by atoms with Gasteiger partial charge in [0.25, 0.3) is 0 Å². The summed E-state index contributed by atoms with van der Waals surface area (Å²) in [4.78, 5) is 11.6. The third-order valence-corrected chi connectivity index (χ3v) is 2.45. The molecule has 0 fully saturated rings. The fourth-order valence-electron chi connectivity index (χ4n) is 1.11. The van der Waals surface area contributed by atoms with E-state index in [0.29, 0.717) is 17.9 Å². The molecule has 0 aliphatic heterocycles. The summed E-state index contributed by atoms with van der Waals surface area (Å²) < 4.78 is 5.07. The summed E-state index contributed by atoms with van der Waals surface area (Å²) in [6.07, 6.45) is 5.81. The lowest BCUT2D eigenvalue weighted by molar-refractivity contribution is -0.143. The first-order valence-electron chi connectivity index (χ1n) is 5.46. The normalized spacial score (nSPS) is 12.5. The number of carbonyl (C=O) groups is 1. The second kappa shape index (κ2) is 9.50. The quantitative estimate of drug-likeness (QED) is 0.380. The van der Waals surface area contributed by atoms with Crippen LogP contribution in [0.2, 0.25) is 0 Å². The number of alkyl halides is 1. The number of esters is 1. The van der Waals surface area contributed by atoms with Gasteiger partial charge in [-0.25, -0.2) is 0 Å². The summed E-state index contributed by atoms with van der Waals surface area (Å²) in [5, 5.41) is 0. The van der Waals surface area contributed by atoms with E-state index in [1.54, 1.807) is 0 Å². The molecular formula is C11H21BrO2. The lowest BCUT2D eigenvalue weighted by Gasteiger charge is -2.05. The van der Waals surface area contributed by atoms with Crippen molar-refractivity contribution in [1.82, 2.24) is 0 Å². The van der Waals surface area contributed by atoms with Gasteiger partial charge in [0, 0.05) is 11.2 Å². The summed E-state index contributed by atoms with van der Waals surface area (Å²) in [6.45, 7) is 4.79. The maximum atomic E-state index is 11.1. The smallest absolute Gasteiger partial charge is 0.305 e. The van der Waals surface area contributed by atoms with Crippen LogP contribution in [-0.4, -0.2) is 17.4 Å². The molecular weight excluding hydrogens is 244 g/mol. The van der Waals surface area contributed by atoms with Gasteiger partial charge in [-0.15, -0.1) is 0 Å². The van der Waals surface area contributed by atoms with Crippen LogP contribution in [0.15, 0.2) is 0 Å². The van der Waals surface area contributed by atoms with Gasteiger partial charge in [-0.2, -0.15) is 0 Å². The fraction of sp³-hybridized carbons (Fsp3) is 0.909. The van der Waals surface area contributed by atoms with Gasteiger partial charge in [0.15, 0.2) is 0 Å². The lowest BCUT2D eigenvalue weighted by atomic mass is 10.2. The van der Waals surface area contributed by atoms with E-state index in [4.69, 9.17) is 4.74 Å². The van der Waals surface area contributed by atoms with E-state index in [9.17, 15) is 4.79 Å². The van der Waals surface area contributed by atoms with Crippen molar-refractivity contribution in [2.45, 2.75) is 57.2 Å². The highest BCUT2D eigenvalue weighted by Gasteiger charge is 2.01. The van der Waals surface area contributed by atoms with Gasteiger partial charge < -0.3 is 4.74 Å². The monoisotopic (exact) mass is 264 g/mol. The minimum Gasteiger partial charge on any atom is -0.466 e. The van der Waals surface area contributed by atoms with Crippen molar-refractivity contribution < 1.29 is 9.53 Å². The molecule has 0 aromatic heterocycles. The van der Waals surface area contributed by atoms with Crippen molar-refractivity contribution in [2.75, 3.05) is 6.61 Å². The topological polar surface area (TPSA) is 26.3 Å². The number of hydrogen-bond acceptors (Lipinski definition) is 2. The van der Waals surface area contributed by atoms with Crippen LogP contribution in [0.4, 0.5) is 0 Å². The number of unbranched alkanes of at least 4 members (excludes halogenated alkanes) is 2. The van der Waals surface area contributed by atoms with E-state index in [1.807, 2.05) is 0 Å². The van der Waals surface area contributed by atoms with Crippen LogP contribution in [0.5, 0.6) is 0 Å². The zero-order chi connectivity index (χ0) is 10.8. The summed E-state index contributed by atoms with van der Waals surface area (Å²) in [5.74, 6) is -0.0428. The van der Waals surface area contributed by atoms with Gasteiger partial charge in [0.2, 0.25) is 0 Å². The highest BCUT2D eigenvalue weighted by molar-refractivity contribution is 9.09. The van der Waals surface area contributed by atoms with Crippen LogP contribution < -0.4 is 0 Å². The van der Waals surface area contributed by atoms with Gasteiger partial charge >= 0.3 is 5.97 Å². The second-order valence-electron chi connectivity index (χ2n) is 3.60. The average molecular weight is 265 g/mol. The number of rotatable bonds is 8. The second-order valence-corrected chi connectivity index (χ2v) is 5.16. The molecule has 0 rings (SSSR count). The molecule has 0 amide bonds. The van der Waals surface area contributed by atoms with Crippen molar-refractivity contribution in [3.63, 3.8) is 0 Å². The van der Waals surface area contributed by atoms with Crippen molar-refractivity contribution in [3.05, 3.63) is 0 Å². The molecule has 1 atom stereocenters. The fourth-order valence-corrected chi connectivity index (χ4v) is 1.43. The number of halogens is 1. The maximum absolute atomic E-state index is 11.1. The van der Waals surface area contributed by atoms with Crippen LogP contribution >= 0.6 is 15.9 Å². The zero-order valence-corrected chi connectivity index (χ0v) is 10.8. The van der Waals surface area contributed by atoms with Gasteiger partial charge in [0.1, 0.15) is 0 Å². The summed E-state index contributed by atoms with van der Waals surface area (Å²) >= 11 is 3.48. The van der Waals surface area contributed by atoms with Crippen molar-refractivity contribution in [1.29, 1.82) is 0 Å². The van der Waals surface area contributed by atoms with E-state index in [2.05, 4.69) is 29.8 Å². The van der Waals surface area contributed by atoms with Crippen LogP contribution in [0.3, 0.4) is 0 Å². The number of carbonyl (C=O) groups excluding carboxylic acids is 1. The highest BCUT2D eigenvalue weighted by atomic mass is 79.9. The van der Waals surface area contributed by atoms with Crippen molar-refractivity contribution in [3.8, 4) is 0 Å². The number of ether oxygens (including phenoxy) is 1. The third kappa shape index (κ3) is 10.0. The lowest BCUT2D eigenvalue weighted by Crippen LogP contribution is -2.05. The van der Waals surface area contributed by atoms with Gasteiger partial charge in [-0.05, 0) is 25.7 Å². The molecule has 0 N–H and O–H groups in total. The summed E-state index contributed by atoms with van der Waals surface area (Å²) in [5.41, 5.74) is 0. The summed E-state index contributed by atoms with van der Waals surface area (Å²) in [7, 11) is 0. The predicted molar refractivity (Wildman–Crippen MR) is 62.7 cm³/mol. The molecule has 2 nitrogen and oxygen atoms in total. The largest absolute Gasteiger partial charge is 0.466 e. The first kappa shape index (κ1) is 13.9. The van der Waals surface area contributed by atoms with Crippen LogP contribution in [-0.2, 0) is 9.53 Å². The van der Waals surface area contributed by atoms with Crippen molar-refractivity contribution >= 4 is 21.9 Å². The molecule has 3 heteroatoms. The minimum atomic E-state index is -0.0428. The molecule has 0 saturated carbocycles. The van der Waals surface area contributed by atoms with Crippen molar-refractivity contribution in [2.24, 2.45) is 0 Å². The Bertz CT molecular complexity index is 146. The summed E-state index contributed by atoms with van der Waals surface area (Å²) in [6, 6.07) is 0. The van der Waals surface area contributed by atoms with E-state index in [-0.39, 0.29) is 5.97 Å². The standard InChI is InChI=1S/C11H21BrO2/c1-3-4-8-11(13)14-9-6-5-7-10(2)12/h10H,3-9H2,1-2H3. The molecule has 0 spiro atoms. The number of hydrogen-bond donors (Lipinski definition) is 0. The van der Waals surface area contributed by atoms with E-state index in [0.717, 1.165) is 32.1 Å². The zero-order valence-electron chi connectivity index (χ0n) is 9.22. The first-order valence-corrected chi connectivity index (χ1v) is 6.38. The van der Waals surface area contributed by atoms with E-state index in [1.165, 1.54) is 0 Å². The Labute approximate surface area is 95.5 Å². The van der Waals surface area contributed by atoms with Gasteiger partial charge in [-0.1, -0.05) is 36.2 Å². The Morgan fingerprint density at radius 1 is 1.36 bits per heavy atom. The molecule has 0 aromatic carbocycles. The molecule has 0 radical (unpaired) electrons. The molecule has 0 saturated heterocycles. The Morgan fingerprint density at radius 3 is 2.64 bits per heavy atom. The van der Waals surface area contributed by atoms with E-state index >= 15 is 0 Å². The minimum absolute atomic E-state index is 0.0428. The first-order chi connectivity index (χ1) is 6.66. The predicted octanol–water partition coefficient (Wildman–Crippen LogP) is 3.67. The van der Waals surface area contributed by atoms with Gasteiger partial charge in [-0.3, -0.25) is 4.79 Å². The Morgan fingerprint density at radius 2 is 2.07 bits per heavy atom. The maximum Gasteiger partial charge on any atom is 0.305 e. The average Bonchev–Trinajstić information content (AvgIpc) is 2.13. The molecule has 0 aliphatic rings. The highest BCUT2D eigenvalue weighted by Crippen LogP contribution is 2.08. The molecule has 0 bridgehead atoms. The molecule has 1 unspecified atom stereocenters. The Kier molecular flexibility index (Phi) is 9.47. The van der Waals surface area contributed by atoms with Crippen LogP contribution in [0.25, 0.3) is 0 Å². The molecule has 0 aliphatic carbocycles. The van der Waals surface area contributed by atoms with Crippen LogP contribution in [0, 0.1) is 0 Å². The Hall–Kier alpha value is -0.0500.